The number of carbonyl (C=O) groups excluding carboxylic acids is 2. The molecule has 0 aliphatic carbocycles. The Kier molecular flexibility index (Phi) is 6.91. The predicted molar refractivity (Wildman–Crippen MR) is 119 cm³/mol. The Morgan fingerprint density at radius 1 is 1.22 bits per heavy atom. The van der Waals surface area contributed by atoms with Gasteiger partial charge < -0.3 is 10.2 Å². The molecule has 10 nitrogen and oxygen atoms in total. The number of sulfonamides is 1. The van der Waals surface area contributed by atoms with E-state index in [9.17, 15) is 18.0 Å². The van der Waals surface area contributed by atoms with Gasteiger partial charge in [-0.1, -0.05) is 18.2 Å². The maximum absolute atomic E-state index is 12.5. The Hall–Kier alpha value is -2.89. The smallest absolute Gasteiger partial charge is 0.269 e. The van der Waals surface area contributed by atoms with Crippen LogP contribution < -0.4 is 5.32 Å². The molecule has 0 spiro atoms. The molecule has 1 aliphatic heterocycles. The number of pyridine rings is 1. The minimum Gasteiger partial charge on any atom is -0.354 e. The quantitative estimate of drug-likeness (QED) is 0.506. The first-order valence-electron chi connectivity index (χ1n) is 9.68. The maximum Gasteiger partial charge on any atom is 0.269 e. The van der Waals surface area contributed by atoms with Crippen LogP contribution in [0.15, 0.2) is 37.2 Å². The van der Waals surface area contributed by atoms with Crippen molar-refractivity contribution in [1.29, 1.82) is 0 Å². The van der Waals surface area contributed by atoms with Crippen LogP contribution in [0.1, 0.15) is 29.0 Å². The van der Waals surface area contributed by atoms with Gasteiger partial charge in [0.05, 0.1) is 23.7 Å². The molecule has 1 N–H and O–H groups in total. The molecule has 2 amide bonds. The summed E-state index contributed by atoms with van der Waals surface area (Å²) in [5.74, 6) is -0.680. The van der Waals surface area contributed by atoms with E-state index in [0.717, 1.165) is 6.26 Å². The summed E-state index contributed by atoms with van der Waals surface area (Å²) in [5.41, 5.74) is 1.37. The predicted octanol–water partition coefficient (Wildman–Crippen LogP) is 1.27. The molecule has 3 rings (SSSR count). The molecule has 0 aromatic carbocycles. The molecule has 1 fully saturated rings. The summed E-state index contributed by atoms with van der Waals surface area (Å²) in [5, 5.41) is 2.61. The molecule has 2 aromatic heterocycles. The summed E-state index contributed by atoms with van der Waals surface area (Å²) in [6, 6.07) is 3.48. The van der Waals surface area contributed by atoms with E-state index in [0.29, 0.717) is 17.0 Å². The summed E-state index contributed by atoms with van der Waals surface area (Å²) < 4.78 is 26.4. The fourth-order valence-corrected chi connectivity index (χ4v) is 5.11. The number of hydrogen-bond donors (Lipinski definition) is 1. The minimum absolute atomic E-state index is 0.116. The van der Waals surface area contributed by atoms with Gasteiger partial charge in [0.1, 0.15) is 17.2 Å². The molecule has 2 aromatic rings. The number of aromatic nitrogens is 3. The summed E-state index contributed by atoms with van der Waals surface area (Å²) in [4.78, 5) is 38.3. The number of piperazine rings is 1. The van der Waals surface area contributed by atoms with Crippen molar-refractivity contribution in [2.45, 2.75) is 19.0 Å². The van der Waals surface area contributed by atoms with Crippen LogP contribution in [0.3, 0.4) is 0 Å². The van der Waals surface area contributed by atoms with Crippen LogP contribution in [0.2, 0.25) is 5.15 Å². The number of nitrogens with one attached hydrogen (secondary N) is 1. The monoisotopic (exact) mass is 478 g/mol. The average Bonchev–Trinajstić information content (AvgIpc) is 2.76. The van der Waals surface area contributed by atoms with Crippen LogP contribution in [0.25, 0.3) is 11.4 Å². The second-order valence-corrected chi connectivity index (χ2v) is 9.59. The lowest BCUT2D eigenvalue weighted by Gasteiger charge is -2.45. The topological polar surface area (TPSA) is 125 Å². The molecular weight excluding hydrogens is 456 g/mol. The normalized spacial score (nSPS) is 19.4. The van der Waals surface area contributed by atoms with E-state index in [4.69, 9.17) is 11.6 Å². The summed E-state index contributed by atoms with van der Waals surface area (Å²) in [7, 11) is -2.11. The zero-order valence-corrected chi connectivity index (χ0v) is 19.4. The van der Waals surface area contributed by atoms with Gasteiger partial charge in [0.15, 0.2) is 0 Å². The van der Waals surface area contributed by atoms with E-state index in [1.165, 1.54) is 29.8 Å². The first kappa shape index (κ1) is 23.8. The molecule has 170 valence electrons. The highest BCUT2D eigenvalue weighted by molar-refractivity contribution is 7.88. The molecule has 2 unspecified atom stereocenters. The number of halogens is 1. The SMILES string of the molecule is C=CC(=O)N1CCN(S(C)(=O)=O)C(c2cc(Cl)nc(-c3cc(C(=O)NC)ncn3)c2)C1C. The average molecular weight is 479 g/mol. The van der Waals surface area contributed by atoms with Gasteiger partial charge in [0, 0.05) is 26.2 Å². The molecule has 0 radical (unpaired) electrons. The second kappa shape index (κ2) is 9.31. The van der Waals surface area contributed by atoms with E-state index in [-0.39, 0.29) is 29.8 Å². The van der Waals surface area contributed by atoms with Crippen LogP contribution in [-0.2, 0) is 14.8 Å². The molecule has 12 heteroatoms. The fourth-order valence-electron chi connectivity index (χ4n) is 3.77. The molecule has 3 heterocycles. The zero-order chi connectivity index (χ0) is 23.6. The first-order chi connectivity index (χ1) is 15.1. The first-order valence-corrected chi connectivity index (χ1v) is 11.9. The highest BCUT2D eigenvalue weighted by Crippen LogP contribution is 2.35. The van der Waals surface area contributed by atoms with Crippen molar-refractivity contribution >= 4 is 33.4 Å². The third-order valence-electron chi connectivity index (χ3n) is 5.25. The highest BCUT2D eigenvalue weighted by Gasteiger charge is 2.40. The van der Waals surface area contributed by atoms with E-state index < -0.39 is 28.0 Å². The van der Waals surface area contributed by atoms with Crippen molar-refractivity contribution in [3.8, 4) is 11.4 Å². The van der Waals surface area contributed by atoms with E-state index in [1.54, 1.807) is 24.0 Å². The third-order valence-corrected chi connectivity index (χ3v) is 6.71. The largest absolute Gasteiger partial charge is 0.354 e. The number of rotatable bonds is 5. The van der Waals surface area contributed by atoms with Crippen molar-refractivity contribution in [2.24, 2.45) is 0 Å². The van der Waals surface area contributed by atoms with Gasteiger partial charge in [-0.2, -0.15) is 4.31 Å². The van der Waals surface area contributed by atoms with E-state index in [2.05, 4.69) is 26.8 Å². The lowest BCUT2D eigenvalue weighted by atomic mass is 9.96. The summed E-state index contributed by atoms with van der Waals surface area (Å²) in [6.07, 6.45) is 3.57. The molecule has 2 atom stereocenters. The summed E-state index contributed by atoms with van der Waals surface area (Å²) >= 11 is 6.29. The Bertz CT molecular complexity index is 1170. The second-order valence-electron chi connectivity index (χ2n) is 7.27. The van der Waals surface area contributed by atoms with Gasteiger partial charge in [-0.05, 0) is 36.8 Å². The zero-order valence-electron chi connectivity index (χ0n) is 17.8. The number of hydrogen-bond acceptors (Lipinski definition) is 7. The minimum atomic E-state index is -3.60. The van der Waals surface area contributed by atoms with Gasteiger partial charge in [-0.3, -0.25) is 9.59 Å². The van der Waals surface area contributed by atoms with Gasteiger partial charge >= 0.3 is 0 Å². The van der Waals surface area contributed by atoms with Crippen molar-refractivity contribution in [2.75, 3.05) is 26.4 Å². The number of nitrogens with zero attached hydrogens (tertiary/aromatic N) is 5. The third kappa shape index (κ3) is 4.79. The maximum atomic E-state index is 12.5. The van der Waals surface area contributed by atoms with E-state index >= 15 is 0 Å². The standard InChI is InChI=1S/C20H23ClN6O4S/c1-5-18(28)26-6-7-27(32(4,30)31)19(12(26)2)13-8-15(25-17(21)9-13)14-10-16(20(29)22-3)24-11-23-14/h5,8-12,19H,1,6-7H2,2-4H3,(H,22,29). The van der Waals surface area contributed by atoms with Crippen LogP contribution in [-0.4, -0.2) is 76.8 Å². The Morgan fingerprint density at radius 3 is 2.56 bits per heavy atom. The van der Waals surface area contributed by atoms with Gasteiger partial charge in [-0.25, -0.2) is 23.4 Å². The fraction of sp³-hybridized carbons (Fsp3) is 0.350. The molecule has 0 bridgehead atoms. The highest BCUT2D eigenvalue weighted by atomic mass is 35.5. The molecule has 1 aliphatic rings. The van der Waals surface area contributed by atoms with Crippen LogP contribution in [0.4, 0.5) is 0 Å². The van der Waals surface area contributed by atoms with Gasteiger partial charge in [0.25, 0.3) is 5.91 Å². The van der Waals surface area contributed by atoms with Crippen molar-refractivity contribution < 1.29 is 18.0 Å². The summed E-state index contributed by atoms with van der Waals surface area (Å²) in [6.45, 7) is 5.66. The van der Waals surface area contributed by atoms with E-state index in [1.807, 2.05) is 0 Å². The Balaban J connectivity index is 2.12. The molecule has 32 heavy (non-hydrogen) atoms. The van der Waals surface area contributed by atoms with Gasteiger partial charge in [-0.15, -0.1) is 0 Å². The molecular formula is C20H23ClN6O4S. The lowest BCUT2D eigenvalue weighted by Crippen LogP contribution is -2.56. The van der Waals surface area contributed by atoms with Crippen molar-refractivity contribution in [3.05, 3.63) is 53.6 Å². The number of amides is 2. The molecule has 0 saturated carbocycles. The lowest BCUT2D eigenvalue weighted by molar-refractivity contribution is -0.131. The van der Waals surface area contributed by atoms with Crippen molar-refractivity contribution in [1.82, 2.24) is 29.5 Å². The van der Waals surface area contributed by atoms with Gasteiger partial charge in [0.2, 0.25) is 15.9 Å². The number of carbonyl (C=O) groups is 2. The van der Waals surface area contributed by atoms with Crippen LogP contribution in [0, 0.1) is 0 Å². The Labute approximate surface area is 191 Å². The van der Waals surface area contributed by atoms with Crippen molar-refractivity contribution in [3.63, 3.8) is 0 Å². The Morgan fingerprint density at radius 2 is 1.94 bits per heavy atom. The van der Waals surface area contributed by atoms with Crippen LogP contribution >= 0.6 is 11.6 Å². The molecule has 1 saturated heterocycles. The van der Waals surface area contributed by atoms with Crippen LogP contribution in [0.5, 0.6) is 0 Å².